The topological polar surface area (TPSA) is 15.3 Å². The van der Waals surface area contributed by atoms with Crippen LogP contribution < -0.4 is 5.32 Å². The van der Waals surface area contributed by atoms with Crippen LogP contribution in [0.4, 0.5) is 0 Å². The Bertz CT molecular complexity index is 162. The van der Waals surface area contributed by atoms with Gasteiger partial charge < -0.3 is 10.2 Å². The predicted octanol–water partition coefficient (Wildman–Crippen LogP) is 3.42. The maximum absolute atomic E-state index is 3.39. The Hall–Kier alpha value is -0.0800. The van der Waals surface area contributed by atoms with Gasteiger partial charge in [0, 0.05) is 6.04 Å². The molecule has 17 heavy (non-hydrogen) atoms. The molecule has 1 aliphatic rings. The van der Waals surface area contributed by atoms with Crippen molar-refractivity contribution in [2.24, 2.45) is 0 Å². The molecule has 1 rings (SSSR count). The normalized spacial score (nSPS) is 18.7. The lowest BCUT2D eigenvalue weighted by atomic mass is 10.0. The third-order valence-corrected chi connectivity index (χ3v) is 4.07. The number of likely N-dealkylation sites (tertiary alicyclic amines) is 1. The van der Waals surface area contributed by atoms with Crippen LogP contribution in [0.1, 0.15) is 64.7 Å². The molecule has 1 aliphatic heterocycles. The lowest BCUT2D eigenvalue weighted by Gasteiger charge is -2.31. The van der Waals surface area contributed by atoms with E-state index in [1.165, 1.54) is 77.4 Å². The fraction of sp³-hybridized carbons (Fsp3) is 1.00. The maximum atomic E-state index is 3.39. The minimum absolute atomic E-state index is 0.778. The number of nitrogens with one attached hydrogen (secondary N) is 1. The van der Waals surface area contributed by atoms with Crippen molar-refractivity contribution in [3.63, 3.8) is 0 Å². The molecule has 0 aromatic rings. The standard InChI is InChI=1S/C15H32N2/c1-3-4-5-6-7-8-9-12-17-13-10-15(16-2)11-14-17/h15-16H,3-14H2,1-2H3. The maximum Gasteiger partial charge on any atom is 0.00884 e. The quantitative estimate of drug-likeness (QED) is 0.621. The van der Waals surface area contributed by atoms with E-state index in [0.29, 0.717) is 0 Å². The highest BCUT2D eigenvalue weighted by atomic mass is 15.1. The summed E-state index contributed by atoms with van der Waals surface area (Å²) >= 11 is 0. The zero-order chi connectivity index (χ0) is 12.3. The van der Waals surface area contributed by atoms with E-state index >= 15 is 0 Å². The van der Waals surface area contributed by atoms with E-state index in [0.717, 1.165) is 6.04 Å². The highest BCUT2D eigenvalue weighted by molar-refractivity contribution is 4.75. The van der Waals surface area contributed by atoms with Crippen LogP contribution in [0.3, 0.4) is 0 Å². The summed E-state index contributed by atoms with van der Waals surface area (Å²) in [5.74, 6) is 0. The summed E-state index contributed by atoms with van der Waals surface area (Å²) in [7, 11) is 2.09. The van der Waals surface area contributed by atoms with E-state index in [-0.39, 0.29) is 0 Å². The molecule has 0 radical (unpaired) electrons. The number of piperidine rings is 1. The van der Waals surface area contributed by atoms with Crippen molar-refractivity contribution in [1.82, 2.24) is 10.2 Å². The third-order valence-electron chi connectivity index (χ3n) is 4.07. The summed E-state index contributed by atoms with van der Waals surface area (Å²) in [6, 6.07) is 0.778. The molecule has 0 aromatic heterocycles. The molecular weight excluding hydrogens is 208 g/mol. The molecule has 0 saturated carbocycles. The smallest absolute Gasteiger partial charge is 0.00884 e. The van der Waals surface area contributed by atoms with Crippen molar-refractivity contribution < 1.29 is 0 Å². The Labute approximate surface area is 108 Å². The number of rotatable bonds is 9. The first kappa shape index (κ1) is 15.0. The molecule has 0 atom stereocenters. The van der Waals surface area contributed by atoms with E-state index in [9.17, 15) is 0 Å². The monoisotopic (exact) mass is 240 g/mol. The first-order valence-corrected chi connectivity index (χ1v) is 7.76. The molecule has 0 spiro atoms. The van der Waals surface area contributed by atoms with Gasteiger partial charge in [-0.3, -0.25) is 0 Å². The predicted molar refractivity (Wildman–Crippen MR) is 76.5 cm³/mol. The second-order valence-electron chi connectivity index (χ2n) is 5.53. The minimum Gasteiger partial charge on any atom is -0.317 e. The highest BCUT2D eigenvalue weighted by Gasteiger charge is 2.16. The summed E-state index contributed by atoms with van der Waals surface area (Å²) in [6.45, 7) is 6.24. The first-order valence-electron chi connectivity index (χ1n) is 7.76. The third kappa shape index (κ3) is 7.05. The molecule has 0 aromatic carbocycles. The van der Waals surface area contributed by atoms with Crippen molar-refractivity contribution in [2.45, 2.75) is 70.8 Å². The zero-order valence-electron chi connectivity index (χ0n) is 12.0. The Morgan fingerprint density at radius 2 is 1.53 bits per heavy atom. The molecule has 0 bridgehead atoms. The van der Waals surface area contributed by atoms with Crippen LogP contribution >= 0.6 is 0 Å². The number of hydrogen-bond acceptors (Lipinski definition) is 2. The lowest BCUT2D eigenvalue weighted by Crippen LogP contribution is -2.41. The Morgan fingerprint density at radius 3 is 2.12 bits per heavy atom. The molecule has 0 amide bonds. The molecule has 1 heterocycles. The van der Waals surface area contributed by atoms with Gasteiger partial charge in [0.15, 0.2) is 0 Å². The summed E-state index contributed by atoms with van der Waals surface area (Å²) in [5.41, 5.74) is 0. The molecular formula is C15H32N2. The molecule has 102 valence electrons. The van der Waals surface area contributed by atoms with Crippen molar-refractivity contribution in [3.05, 3.63) is 0 Å². The highest BCUT2D eigenvalue weighted by Crippen LogP contribution is 2.12. The van der Waals surface area contributed by atoms with Gasteiger partial charge >= 0.3 is 0 Å². The SMILES string of the molecule is CCCCCCCCCN1CCC(NC)CC1. The van der Waals surface area contributed by atoms with Gasteiger partial charge in [-0.25, -0.2) is 0 Å². The van der Waals surface area contributed by atoms with Gasteiger partial charge in [-0.15, -0.1) is 0 Å². The van der Waals surface area contributed by atoms with Crippen LogP contribution in [-0.4, -0.2) is 37.6 Å². The molecule has 0 aliphatic carbocycles. The fourth-order valence-electron chi connectivity index (χ4n) is 2.74. The molecule has 1 saturated heterocycles. The fourth-order valence-corrected chi connectivity index (χ4v) is 2.74. The van der Waals surface area contributed by atoms with Crippen LogP contribution in [0, 0.1) is 0 Å². The number of nitrogens with zero attached hydrogens (tertiary/aromatic N) is 1. The van der Waals surface area contributed by atoms with Crippen molar-refractivity contribution in [2.75, 3.05) is 26.7 Å². The first-order chi connectivity index (χ1) is 8.36. The van der Waals surface area contributed by atoms with Crippen molar-refractivity contribution >= 4 is 0 Å². The van der Waals surface area contributed by atoms with Crippen LogP contribution in [0.15, 0.2) is 0 Å². The van der Waals surface area contributed by atoms with Crippen LogP contribution in [-0.2, 0) is 0 Å². The van der Waals surface area contributed by atoms with Crippen LogP contribution in [0.2, 0.25) is 0 Å². The van der Waals surface area contributed by atoms with E-state index in [1.54, 1.807) is 0 Å². The molecule has 1 N–H and O–H groups in total. The van der Waals surface area contributed by atoms with Gasteiger partial charge in [-0.05, 0) is 45.9 Å². The van der Waals surface area contributed by atoms with Gasteiger partial charge in [0.2, 0.25) is 0 Å². The van der Waals surface area contributed by atoms with E-state index in [1.807, 2.05) is 0 Å². The Morgan fingerprint density at radius 1 is 0.941 bits per heavy atom. The van der Waals surface area contributed by atoms with E-state index in [2.05, 4.69) is 24.2 Å². The van der Waals surface area contributed by atoms with Gasteiger partial charge in [0.1, 0.15) is 0 Å². The second kappa shape index (κ2) is 9.90. The van der Waals surface area contributed by atoms with E-state index < -0.39 is 0 Å². The molecule has 2 heteroatoms. The average Bonchev–Trinajstić information content (AvgIpc) is 2.38. The zero-order valence-corrected chi connectivity index (χ0v) is 12.0. The summed E-state index contributed by atoms with van der Waals surface area (Å²) in [4.78, 5) is 2.65. The number of hydrogen-bond donors (Lipinski definition) is 1. The summed E-state index contributed by atoms with van der Waals surface area (Å²) in [6.07, 6.45) is 12.7. The van der Waals surface area contributed by atoms with Gasteiger partial charge in [-0.1, -0.05) is 45.4 Å². The summed E-state index contributed by atoms with van der Waals surface area (Å²) < 4.78 is 0. The van der Waals surface area contributed by atoms with Gasteiger partial charge in [-0.2, -0.15) is 0 Å². The molecule has 1 fully saturated rings. The van der Waals surface area contributed by atoms with E-state index in [4.69, 9.17) is 0 Å². The van der Waals surface area contributed by atoms with Gasteiger partial charge in [0.25, 0.3) is 0 Å². The Kier molecular flexibility index (Phi) is 8.72. The van der Waals surface area contributed by atoms with Crippen LogP contribution in [0.5, 0.6) is 0 Å². The summed E-state index contributed by atoms with van der Waals surface area (Å²) in [5, 5.41) is 3.39. The lowest BCUT2D eigenvalue weighted by molar-refractivity contribution is 0.198. The number of unbranched alkanes of at least 4 members (excludes halogenated alkanes) is 6. The molecule has 2 nitrogen and oxygen atoms in total. The van der Waals surface area contributed by atoms with Crippen molar-refractivity contribution in [1.29, 1.82) is 0 Å². The van der Waals surface area contributed by atoms with Crippen LogP contribution in [0.25, 0.3) is 0 Å². The van der Waals surface area contributed by atoms with Crippen molar-refractivity contribution in [3.8, 4) is 0 Å². The molecule has 0 unspecified atom stereocenters. The Balaban J connectivity index is 1.87. The second-order valence-corrected chi connectivity index (χ2v) is 5.53. The average molecular weight is 240 g/mol. The van der Waals surface area contributed by atoms with Gasteiger partial charge in [0.05, 0.1) is 0 Å². The largest absolute Gasteiger partial charge is 0.317 e. The minimum atomic E-state index is 0.778.